The van der Waals surface area contributed by atoms with Crippen LogP contribution in [0.25, 0.3) is 0 Å². The van der Waals surface area contributed by atoms with Gasteiger partial charge in [-0.25, -0.2) is 0 Å². The van der Waals surface area contributed by atoms with Crippen LogP contribution < -0.4 is 0 Å². The van der Waals surface area contributed by atoms with Crippen LogP contribution in [0.5, 0.6) is 0 Å². The maximum Gasteiger partial charge on any atom is 0.136 e. The summed E-state index contributed by atoms with van der Waals surface area (Å²) in [5, 5.41) is 0. The monoisotopic (exact) mass is 157 g/mol. The van der Waals surface area contributed by atoms with E-state index in [1.165, 1.54) is 5.71 Å². The first-order valence-corrected chi connectivity index (χ1v) is 4.05. The van der Waals surface area contributed by atoms with Crippen molar-refractivity contribution in [3.63, 3.8) is 0 Å². The third-order valence-corrected chi connectivity index (χ3v) is 1.59. The third-order valence-electron chi connectivity index (χ3n) is 1.59. The highest BCUT2D eigenvalue weighted by Gasteiger charge is 2.16. The van der Waals surface area contributed by atoms with E-state index in [0.29, 0.717) is 6.73 Å². The van der Waals surface area contributed by atoms with Crippen LogP contribution in [0.3, 0.4) is 0 Å². The first-order chi connectivity index (χ1) is 5.02. The molecule has 11 heavy (non-hydrogen) atoms. The van der Waals surface area contributed by atoms with Crippen molar-refractivity contribution in [1.29, 1.82) is 0 Å². The summed E-state index contributed by atoms with van der Waals surface area (Å²) in [5.41, 5.74) is 1.41. The third kappa shape index (κ3) is 4.14. The molecule has 0 heterocycles. The van der Waals surface area contributed by atoms with Gasteiger partial charge in [-0.15, -0.1) is 0 Å². The molecule has 0 aromatic carbocycles. The van der Waals surface area contributed by atoms with Crippen molar-refractivity contribution in [3.8, 4) is 0 Å². The van der Waals surface area contributed by atoms with Crippen LogP contribution in [0.2, 0.25) is 0 Å². The summed E-state index contributed by atoms with van der Waals surface area (Å²) in [6.07, 6.45) is 1.01. The fraction of sp³-hybridized carbons (Fsp3) is 0.889. The summed E-state index contributed by atoms with van der Waals surface area (Å²) in [7, 11) is 1.67. The van der Waals surface area contributed by atoms with Crippen LogP contribution in [0.4, 0.5) is 0 Å². The molecule has 0 aromatic heterocycles. The van der Waals surface area contributed by atoms with Crippen molar-refractivity contribution in [2.45, 2.75) is 34.1 Å². The Balaban J connectivity index is 4.16. The Morgan fingerprint density at radius 1 is 1.36 bits per heavy atom. The Morgan fingerprint density at radius 3 is 2.18 bits per heavy atom. The van der Waals surface area contributed by atoms with E-state index in [9.17, 15) is 0 Å². The molecule has 0 saturated heterocycles. The first-order valence-electron chi connectivity index (χ1n) is 4.05. The van der Waals surface area contributed by atoms with Crippen molar-refractivity contribution < 1.29 is 4.74 Å². The van der Waals surface area contributed by atoms with Gasteiger partial charge < -0.3 is 4.74 Å². The van der Waals surface area contributed by atoms with Crippen LogP contribution in [0.15, 0.2) is 4.99 Å². The second kappa shape index (κ2) is 4.50. The molecule has 0 spiro atoms. The van der Waals surface area contributed by atoms with Crippen molar-refractivity contribution in [2.24, 2.45) is 10.4 Å². The van der Waals surface area contributed by atoms with Crippen LogP contribution in [-0.2, 0) is 4.74 Å². The lowest BCUT2D eigenvalue weighted by atomic mass is 9.88. The standard InChI is InChI=1S/C9H19NO/c1-6-8(9(2,3)4)10-7-11-5/h6-7H2,1-5H3. The molecule has 0 aliphatic heterocycles. The molecule has 0 fully saturated rings. The van der Waals surface area contributed by atoms with Gasteiger partial charge in [0.1, 0.15) is 6.73 Å². The maximum atomic E-state index is 4.88. The summed E-state index contributed by atoms with van der Waals surface area (Å²) in [6.45, 7) is 9.13. The Hall–Kier alpha value is -0.370. The highest BCUT2D eigenvalue weighted by Crippen LogP contribution is 2.18. The molecular weight excluding hydrogens is 138 g/mol. The molecule has 0 unspecified atom stereocenters. The Bertz CT molecular complexity index is 133. The van der Waals surface area contributed by atoms with Crippen LogP contribution in [0.1, 0.15) is 34.1 Å². The number of methoxy groups -OCH3 is 1. The molecule has 0 bridgehead atoms. The molecular formula is C9H19NO. The van der Waals surface area contributed by atoms with Gasteiger partial charge >= 0.3 is 0 Å². The molecule has 0 radical (unpaired) electrons. The van der Waals surface area contributed by atoms with Gasteiger partial charge in [0.25, 0.3) is 0 Å². The fourth-order valence-corrected chi connectivity index (χ4v) is 1.02. The molecule has 2 heteroatoms. The summed E-state index contributed by atoms with van der Waals surface area (Å²) in [6, 6.07) is 0. The molecule has 66 valence electrons. The van der Waals surface area contributed by atoms with E-state index in [4.69, 9.17) is 4.74 Å². The van der Waals surface area contributed by atoms with Crippen molar-refractivity contribution in [1.82, 2.24) is 0 Å². The van der Waals surface area contributed by atoms with E-state index in [-0.39, 0.29) is 5.41 Å². The van der Waals surface area contributed by atoms with Crippen molar-refractivity contribution in [3.05, 3.63) is 0 Å². The number of rotatable bonds is 3. The van der Waals surface area contributed by atoms with Gasteiger partial charge in [-0.2, -0.15) is 0 Å². The highest BCUT2D eigenvalue weighted by atomic mass is 16.5. The first kappa shape index (κ1) is 10.6. The molecule has 2 nitrogen and oxygen atoms in total. The minimum absolute atomic E-state index is 0.188. The number of hydrogen-bond donors (Lipinski definition) is 0. The summed E-state index contributed by atoms with van der Waals surface area (Å²) in [4.78, 5) is 4.33. The van der Waals surface area contributed by atoms with Gasteiger partial charge in [0.05, 0.1) is 0 Å². The topological polar surface area (TPSA) is 21.6 Å². The van der Waals surface area contributed by atoms with E-state index >= 15 is 0 Å². The number of hydrogen-bond acceptors (Lipinski definition) is 2. The fourth-order valence-electron chi connectivity index (χ4n) is 1.02. The largest absolute Gasteiger partial charge is 0.363 e. The van der Waals surface area contributed by atoms with Gasteiger partial charge in [-0.3, -0.25) is 4.99 Å². The number of ether oxygens (including phenoxy) is 1. The van der Waals surface area contributed by atoms with Crippen LogP contribution in [-0.4, -0.2) is 19.6 Å². The van der Waals surface area contributed by atoms with Crippen molar-refractivity contribution in [2.75, 3.05) is 13.8 Å². The van der Waals surface area contributed by atoms with Gasteiger partial charge in [0.15, 0.2) is 0 Å². The molecule has 0 amide bonds. The lowest BCUT2D eigenvalue weighted by Gasteiger charge is -2.20. The Kier molecular flexibility index (Phi) is 4.34. The van der Waals surface area contributed by atoms with Gasteiger partial charge in [-0.1, -0.05) is 27.7 Å². The van der Waals surface area contributed by atoms with Gasteiger partial charge in [0, 0.05) is 12.8 Å². The molecule has 0 rings (SSSR count). The van der Waals surface area contributed by atoms with Crippen molar-refractivity contribution >= 4 is 5.71 Å². The summed E-state index contributed by atoms with van der Waals surface area (Å²) >= 11 is 0. The lowest BCUT2D eigenvalue weighted by Crippen LogP contribution is -2.20. The quantitative estimate of drug-likeness (QED) is 0.577. The zero-order valence-corrected chi connectivity index (χ0v) is 8.27. The second-order valence-corrected chi connectivity index (χ2v) is 3.63. The van der Waals surface area contributed by atoms with Gasteiger partial charge in [-0.05, 0) is 11.8 Å². The maximum absolute atomic E-state index is 4.88. The predicted molar refractivity (Wildman–Crippen MR) is 49.1 cm³/mol. The minimum atomic E-state index is 0.188. The SMILES string of the molecule is CCC(=NCOC)C(C)(C)C. The zero-order chi connectivity index (χ0) is 8.91. The van der Waals surface area contributed by atoms with Crippen LogP contribution in [0, 0.1) is 5.41 Å². The lowest BCUT2D eigenvalue weighted by molar-refractivity contribution is 0.208. The normalized spacial score (nSPS) is 13.7. The van der Waals surface area contributed by atoms with E-state index in [2.05, 4.69) is 32.7 Å². The number of aliphatic imine (C=N–C) groups is 1. The molecule has 0 atom stereocenters. The molecule has 0 saturated carbocycles. The summed E-state index contributed by atoms with van der Waals surface area (Å²) < 4.78 is 4.88. The molecule has 0 N–H and O–H groups in total. The molecule has 0 aliphatic rings. The Morgan fingerprint density at radius 2 is 1.91 bits per heavy atom. The average Bonchev–Trinajstić information content (AvgIpc) is 1.87. The average molecular weight is 157 g/mol. The van der Waals surface area contributed by atoms with E-state index in [0.717, 1.165) is 6.42 Å². The Labute approximate surface area is 69.7 Å². The zero-order valence-electron chi connectivity index (χ0n) is 8.27. The highest BCUT2D eigenvalue weighted by molar-refractivity contribution is 5.88. The molecule has 0 aliphatic carbocycles. The smallest absolute Gasteiger partial charge is 0.136 e. The van der Waals surface area contributed by atoms with Crippen LogP contribution >= 0.6 is 0 Å². The second-order valence-electron chi connectivity index (χ2n) is 3.63. The predicted octanol–water partition coefficient (Wildman–Crippen LogP) is 2.49. The summed E-state index contributed by atoms with van der Waals surface area (Å²) in [5.74, 6) is 0. The van der Waals surface area contributed by atoms with E-state index in [1.54, 1.807) is 7.11 Å². The number of nitrogens with zero attached hydrogens (tertiary/aromatic N) is 1. The molecule has 0 aromatic rings. The van der Waals surface area contributed by atoms with E-state index in [1.807, 2.05) is 0 Å². The van der Waals surface area contributed by atoms with Gasteiger partial charge in [0.2, 0.25) is 0 Å². The minimum Gasteiger partial charge on any atom is -0.363 e. The van der Waals surface area contributed by atoms with E-state index < -0.39 is 0 Å².